The highest BCUT2D eigenvalue weighted by molar-refractivity contribution is 8.26. The number of carbonyl (C=O) groups excluding carboxylic acids is 2. The molecule has 1 N–H and O–H groups in total. The molecule has 2 heterocycles. The lowest BCUT2D eigenvalue weighted by Crippen LogP contribution is -2.53. The number of hydrogen-bond acceptors (Lipinski definition) is 5. The molecule has 0 saturated carbocycles. The number of rotatable bonds is 5. The Morgan fingerprint density at radius 3 is 2.96 bits per heavy atom. The van der Waals surface area contributed by atoms with Crippen molar-refractivity contribution in [2.24, 2.45) is 0 Å². The summed E-state index contributed by atoms with van der Waals surface area (Å²) in [6, 6.07) is 6.58. The van der Waals surface area contributed by atoms with Gasteiger partial charge in [-0.3, -0.25) is 14.5 Å². The maximum Gasteiger partial charge on any atom is 0.266 e. The van der Waals surface area contributed by atoms with Crippen LogP contribution in [0.15, 0.2) is 29.2 Å². The van der Waals surface area contributed by atoms with Crippen molar-refractivity contribution in [3.05, 3.63) is 39.8 Å². The molecule has 0 bridgehead atoms. The predicted octanol–water partition coefficient (Wildman–Crippen LogP) is 3.69. The SMILES string of the molecule is C[C@H](C(=O)N1CCCC[C@H]1CCO)N1C(=O)/C(=C/c2cccc(Cl)c2)SC1=S. The van der Waals surface area contributed by atoms with E-state index in [9.17, 15) is 14.7 Å². The number of hydrogen-bond donors (Lipinski definition) is 1. The van der Waals surface area contributed by atoms with Gasteiger partial charge in [0.15, 0.2) is 0 Å². The van der Waals surface area contributed by atoms with Gasteiger partial charge in [-0.2, -0.15) is 0 Å². The summed E-state index contributed by atoms with van der Waals surface area (Å²) in [5.41, 5.74) is 0.811. The number of amides is 2. The quantitative estimate of drug-likeness (QED) is 0.561. The summed E-state index contributed by atoms with van der Waals surface area (Å²) in [7, 11) is 0. The Labute approximate surface area is 179 Å². The summed E-state index contributed by atoms with van der Waals surface area (Å²) in [5, 5.41) is 9.89. The van der Waals surface area contributed by atoms with E-state index >= 15 is 0 Å². The van der Waals surface area contributed by atoms with Crippen molar-refractivity contribution in [1.29, 1.82) is 0 Å². The highest BCUT2D eigenvalue weighted by atomic mass is 35.5. The second-order valence-electron chi connectivity index (χ2n) is 6.98. The third-order valence-corrected chi connectivity index (χ3v) is 6.65. The number of thioether (sulfide) groups is 1. The van der Waals surface area contributed by atoms with E-state index < -0.39 is 6.04 Å². The Balaban J connectivity index is 1.78. The normalized spacial score (nSPS) is 22.8. The third kappa shape index (κ3) is 4.59. The van der Waals surface area contributed by atoms with Gasteiger partial charge in [0.1, 0.15) is 10.4 Å². The summed E-state index contributed by atoms with van der Waals surface area (Å²) in [6.45, 7) is 2.42. The van der Waals surface area contributed by atoms with Crippen molar-refractivity contribution in [1.82, 2.24) is 9.80 Å². The second-order valence-corrected chi connectivity index (χ2v) is 9.09. The van der Waals surface area contributed by atoms with Gasteiger partial charge in [-0.15, -0.1) is 0 Å². The lowest BCUT2D eigenvalue weighted by atomic mass is 9.98. The van der Waals surface area contributed by atoms with E-state index in [4.69, 9.17) is 23.8 Å². The first-order chi connectivity index (χ1) is 13.4. The molecule has 0 radical (unpaired) electrons. The lowest BCUT2D eigenvalue weighted by molar-refractivity contribution is -0.142. The molecule has 2 aliphatic heterocycles. The number of aliphatic hydroxyl groups is 1. The van der Waals surface area contributed by atoms with Crippen molar-refractivity contribution in [3.8, 4) is 0 Å². The van der Waals surface area contributed by atoms with Crippen LogP contribution in [0.4, 0.5) is 0 Å². The van der Waals surface area contributed by atoms with Crippen molar-refractivity contribution in [3.63, 3.8) is 0 Å². The largest absolute Gasteiger partial charge is 0.396 e. The van der Waals surface area contributed by atoms with Crippen molar-refractivity contribution >= 4 is 57.8 Å². The molecule has 0 aromatic heterocycles. The lowest BCUT2D eigenvalue weighted by Gasteiger charge is -2.38. The van der Waals surface area contributed by atoms with Crippen LogP contribution in [0.1, 0.15) is 38.2 Å². The minimum atomic E-state index is -0.669. The fraction of sp³-hybridized carbons (Fsp3) is 0.450. The number of piperidine rings is 1. The van der Waals surface area contributed by atoms with E-state index in [0.717, 1.165) is 24.8 Å². The minimum absolute atomic E-state index is 0.0223. The van der Waals surface area contributed by atoms with Crippen LogP contribution in [0.2, 0.25) is 5.02 Å². The number of nitrogens with zero attached hydrogens (tertiary/aromatic N) is 2. The molecule has 150 valence electrons. The van der Waals surface area contributed by atoms with Gasteiger partial charge < -0.3 is 10.0 Å². The minimum Gasteiger partial charge on any atom is -0.396 e. The first kappa shape index (κ1) is 21.3. The van der Waals surface area contributed by atoms with Gasteiger partial charge in [-0.05, 0) is 56.4 Å². The van der Waals surface area contributed by atoms with Gasteiger partial charge in [0.2, 0.25) is 5.91 Å². The topological polar surface area (TPSA) is 60.9 Å². The molecule has 8 heteroatoms. The van der Waals surface area contributed by atoms with E-state index in [-0.39, 0.29) is 24.5 Å². The summed E-state index contributed by atoms with van der Waals surface area (Å²) in [6.07, 6.45) is 5.18. The number of likely N-dealkylation sites (tertiary alicyclic amines) is 1. The van der Waals surface area contributed by atoms with Crippen molar-refractivity contribution in [2.45, 2.75) is 44.7 Å². The maximum absolute atomic E-state index is 13.1. The van der Waals surface area contributed by atoms with Crippen LogP contribution in [0.25, 0.3) is 6.08 Å². The molecule has 0 aliphatic carbocycles. The van der Waals surface area contributed by atoms with E-state index in [1.54, 1.807) is 25.1 Å². The van der Waals surface area contributed by atoms with Crippen LogP contribution in [-0.4, -0.2) is 56.3 Å². The average molecular weight is 439 g/mol. The van der Waals surface area contributed by atoms with Crippen molar-refractivity contribution < 1.29 is 14.7 Å². The Bertz CT molecular complexity index is 812. The van der Waals surface area contributed by atoms with Crippen LogP contribution in [0.5, 0.6) is 0 Å². The summed E-state index contributed by atoms with van der Waals surface area (Å²) in [5.74, 6) is -0.370. The summed E-state index contributed by atoms with van der Waals surface area (Å²) < 4.78 is 0.384. The molecule has 3 rings (SSSR count). The number of aliphatic hydroxyl groups excluding tert-OH is 1. The number of carbonyl (C=O) groups is 2. The highest BCUT2D eigenvalue weighted by Gasteiger charge is 2.40. The summed E-state index contributed by atoms with van der Waals surface area (Å²) in [4.78, 5) is 29.8. The van der Waals surface area contributed by atoms with Crippen LogP contribution < -0.4 is 0 Å². The molecule has 0 unspecified atom stereocenters. The van der Waals surface area contributed by atoms with Gasteiger partial charge in [0.25, 0.3) is 5.91 Å². The molecule has 28 heavy (non-hydrogen) atoms. The molecule has 1 aromatic rings. The zero-order valence-corrected chi connectivity index (χ0v) is 18.0. The molecular weight excluding hydrogens is 416 g/mol. The standard InChI is InChI=1S/C20H23ClN2O3S2/c1-13(18(25)22-9-3-2-7-16(22)8-10-24)23-19(26)17(28-20(23)27)12-14-5-4-6-15(21)11-14/h4-6,11-13,16,24H,2-3,7-10H2,1H3/b17-12-/t13-,16+/m1/s1. The summed E-state index contributed by atoms with van der Waals surface area (Å²) >= 11 is 12.6. The van der Waals surface area contributed by atoms with Crippen molar-refractivity contribution in [2.75, 3.05) is 13.2 Å². The molecule has 0 spiro atoms. The van der Waals surface area contributed by atoms with Crippen LogP contribution in [0, 0.1) is 0 Å². The van der Waals surface area contributed by atoms with Gasteiger partial charge in [-0.25, -0.2) is 0 Å². The molecule has 5 nitrogen and oxygen atoms in total. The highest BCUT2D eigenvalue weighted by Crippen LogP contribution is 2.35. The molecule has 2 amide bonds. The van der Waals surface area contributed by atoms with E-state index in [1.165, 1.54) is 16.7 Å². The van der Waals surface area contributed by atoms with E-state index in [2.05, 4.69) is 0 Å². The van der Waals surface area contributed by atoms with Crippen LogP contribution in [-0.2, 0) is 9.59 Å². The number of benzene rings is 1. The molecule has 2 atom stereocenters. The maximum atomic E-state index is 13.1. The molecule has 2 fully saturated rings. The first-order valence-electron chi connectivity index (χ1n) is 9.36. The molecular formula is C20H23ClN2O3S2. The second kappa shape index (κ2) is 9.39. The third-order valence-electron chi connectivity index (χ3n) is 5.09. The van der Waals surface area contributed by atoms with Gasteiger partial charge in [0.05, 0.1) is 4.91 Å². The Kier molecular flexibility index (Phi) is 7.15. The number of halogens is 1. The molecule has 1 aromatic carbocycles. The smallest absolute Gasteiger partial charge is 0.266 e. The van der Waals surface area contributed by atoms with Gasteiger partial charge >= 0.3 is 0 Å². The Morgan fingerprint density at radius 1 is 1.46 bits per heavy atom. The number of thiocarbonyl (C=S) groups is 1. The van der Waals surface area contributed by atoms with Gasteiger partial charge in [-0.1, -0.05) is 47.7 Å². The monoisotopic (exact) mass is 438 g/mol. The fourth-order valence-electron chi connectivity index (χ4n) is 3.65. The Hall–Kier alpha value is -1.41. The van der Waals surface area contributed by atoms with Gasteiger partial charge in [0, 0.05) is 24.2 Å². The average Bonchev–Trinajstić information content (AvgIpc) is 2.94. The first-order valence-corrected chi connectivity index (χ1v) is 11.0. The molecule has 2 aliphatic rings. The van der Waals surface area contributed by atoms with Crippen LogP contribution in [0.3, 0.4) is 0 Å². The predicted molar refractivity (Wildman–Crippen MR) is 117 cm³/mol. The zero-order chi connectivity index (χ0) is 20.3. The molecule has 2 saturated heterocycles. The fourth-order valence-corrected chi connectivity index (χ4v) is 5.27. The van der Waals surface area contributed by atoms with E-state index in [1.807, 2.05) is 17.0 Å². The zero-order valence-electron chi connectivity index (χ0n) is 15.6. The Morgan fingerprint density at radius 2 is 2.25 bits per heavy atom. The van der Waals surface area contributed by atoms with Crippen LogP contribution >= 0.6 is 35.6 Å². The van der Waals surface area contributed by atoms with E-state index in [0.29, 0.717) is 27.2 Å².